The fraction of sp³-hybridized carbons (Fsp3) is 0.310. The second-order valence-electron chi connectivity index (χ2n) is 10.4. The van der Waals surface area contributed by atoms with E-state index in [1.54, 1.807) is 25.4 Å². The van der Waals surface area contributed by atoms with Crippen LogP contribution in [0.5, 0.6) is 17.2 Å². The number of anilines is 3. The van der Waals surface area contributed by atoms with E-state index >= 15 is 0 Å². The molecule has 5 N–H and O–H groups in total. The van der Waals surface area contributed by atoms with Crippen molar-refractivity contribution in [1.29, 1.82) is 0 Å². The fourth-order valence-electron chi connectivity index (χ4n) is 4.35. The summed E-state index contributed by atoms with van der Waals surface area (Å²) in [4.78, 5) is 26.7. The number of nitrogens with one attached hydrogen (secondary N) is 3. The number of pyridine rings is 1. The van der Waals surface area contributed by atoms with Crippen molar-refractivity contribution < 1.29 is 19.0 Å². The Hall–Kier alpha value is -4.64. The standard InChI is InChI=1S/C29H33N7O4/c1-6-16-11-17(7-9-21(16)38-5)20-12-18-15-31-27(32-19-8-10-22-23(13-19)40-24(14-30)39-22)34-25(18)33-26(20)35-28(37)36-29(2,3)4/h7-13,15,24H,6,14,30H2,1-5H3,(H3,31,32,33,34,35,36,37). The van der Waals surface area contributed by atoms with Crippen molar-refractivity contribution in [3.8, 4) is 28.4 Å². The highest BCUT2D eigenvalue weighted by Gasteiger charge is 2.23. The maximum Gasteiger partial charge on any atom is 0.320 e. The number of hydrogen-bond acceptors (Lipinski definition) is 9. The molecule has 11 heteroatoms. The number of aryl methyl sites for hydroxylation is 1. The minimum Gasteiger partial charge on any atom is -0.496 e. The van der Waals surface area contributed by atoms with Crippen LogP contribution in [0.2, 0.25) is 0 Å². The average Bonchev–Trinajstić information content (AvgIpc) is 3.34. The van der Waals surface area contributed by atoms with Crippen LogP contribution in [0.25, 0.3) is 22.2 Å². The Balaban J connectivity index is 1.51. The van der Waals surface area contributed by atoms with E-state index in [2.05, 4.69) is 32.8 Å². The van der Waals surface area contributed by atoms with Gasteiger partial charge in [0.1, 0.15) is 11.6 Å². The second-order valence-corrected chi connectivity index (χ2v) is 10.4. The van der Waals surface area contributed by atoms with Crippen LogP contribution in [-0.2, 0) is 6.42 Å². The lowest BCUT2D eigenvalue weighted by molar-refractivity contribution is 0.0581. The first kappa shape index (κ1) is 26.9. The molecule has 2 aromatic heterocycles. The Morgan fingerprint density at radius 1 is 1.07 bits per heavy atom. The molecular weight excluding hydrogens is 510 g/mol. The zero-order valence-corrected chi connectivity index (χ0v) is 23.2. The summed E-state index contributed by atoms with van der Waals surface area (Å²) in [6.07, 6.45) is 1.99. The van der Waals surface area contributed by atoms with Crippen molar-refractivity contribution in [2.24, 2.45) is 5.73 Å². The van der Waals surface area contributed by atoms with Crippen LogP contribution in [0.4, 0.5) is 22.2 Å². The molecule has 0 radical (unpaired) electrons. The quantitative estimate of drug-likeness (QED) is 0.253. The SMILES string of the molecule is CCc1cc(-c2cc3cnc(Nc4ccc5c(c4)OC(CN)O5)nc3nc2NC(=O)NC(C)(C)C)ccc1OC. The molecule has 11 nitrogen and oxygen atoms in total. The van der Waals surface area contributed by atoms with Crippen molar-refractivity contribution in [2.45, 2.75) is 45.9 Å². The van der Waals surface area contributed by atoms with E-state index in [1.807, 2.05) is 51.1 Å². The summed E-state index contributed by atoms with van der Waals surface area (Å²) < 4.78 is 16.8. The summed E-state index contributed by atoms with van der Waals surface area (Å²) in [6, 6.07) is 12.9. The molecule has 0 saturated carbocycles. The topological polar surface area (TPSA) is 146 Å². The van der Waals surface area contributed by atoms with E-state index in [1.165, 1.54) is 0 Å². The zero-order chi connectivity index (χ0) is 28.4. The first-order valence-electron chi connectivity index (χ1n) is 13.0. The monoisotopic (exact) mass is 543 g/mol. The molecule has 5 rings (SSSR count). The van der Waals surface area contributed by atoms with Gasteiger partial charge in [0, 0.05) is 34.4 Å². The van der Waals surface area contributed by atoms with Crippen LogP contribution < -0.4 is 35.9 Å². The lowest BCUT2D eigenvalue weighted by Gasteiger charge is -2.21. The van der Waals surface area contributed by atoms with Crippen molar-refractivity contribution >= 4 is 34.5 Å². The number of benzene rings is 2. The van der Waals surface area contributed by atoms with Gasteiger partial charge in [-0.1, -0.05) is 13.0 Å². The van der Waals surface area contributed by atoms with Crippen LogP contribution in [0.3, 0.4) is 0 Å². The third kappa shape index (κ3) is 5.84. The number of carbonyl (C=O) groups excluding carboxylic acids is 1. The molecule has 0 aliphatic carbocycles. The van der Waals surface area contributed by atoms with Gasteiger partial charge in [-0.3, -0.25) is 5.32 Å². The minimum absolute atomic E-state index is 0.249. The molecule has 2 aromatic carbocycles. The Kier molecular flexibility index (Phi) is 7.31. The predicted molar refractivity (Wildman–Crippen MR) is 154 cm³/mol. The molecule has 0 saturated heterocycles. The van der Waals surface area contributed by atoms with Crippen LogP contribution in [0.1, 0.15) is 33.3 Å². The van der Waals surface area contributed by atoms with Crippen LogP contribution in [0.15, 0.2) is 48.7 Å². The number of ether oxygens (including phenoxy) is 3. The number of rotatable bonds is 7. The largest absolute Gasteiger partial charge is 0.496 e. The fourth-order valence-corrected chi connectivity index (χ4v) is 4.35. The number of aromatic nitrogens is 3. The van der Waals surface area contributed by atoms with Crippen molar-refractivity contribution in [3.63, 3.8) is 0 Å². The van der Waals surface area contributed by atoms with E-state index in [-0.39, 0.29) is 12.6 Å². The molecule has 3 heterocycles. The maximum absolute atomic E-state index is 12.9. The number of nitrogens with zero attached hydrogens (tertiary/aromatic N) is 3. The van der Waals surface area contributed by atoms with E-state index in [0.29, 0.717) is 40.0 Å². The normalized spacial score (nSPS) is 14.2. The Labute approximate surface area is 232 Å². The number of nitrogens with two attached hydrogens (primary N) is 1. The maximum atomic E-state index is 12.9. The van der Waals surface area contributed by atoms with E-state index in [9.17, 15) is 4.79 Å². The van der Waals surface area contributed by atoms with Crippen LogP contribution >= 0.6 is 0 Å². The third-order valence-electron chi connectivity index (χ3n) is 6.17. The highest BCUT2D eigenvalue weighted by atomic mass is 16.7. The molecule has 1 unspecified atom stereocenters. The molecule has 40 heavy (non-hydrogen) atoms. The molecule has 0 spiro atoms. The van der Waals surface area contributed by atoms with Crippen molar-refractivity contribution in [3.05, 3.63) is 54.2 Å². The van der Waals surface area contributed by atoms with Crippen LogP contribution in [0, 0.1) is 0 Å². The van der Waals surface area contributed by atoms with E-state index in [0.717, 1.165) is 28.9 Å². The summed E-state index contributed by atoms with van der Waals surface area (Å²) in [7, 11) is 1.65. The van der Waals surface area contributed by atoms with Gasteiger partial charge in [-0.2, -0.15) is 4.98 Å². The summed E-state index contributed by atoms with van der Waals surface area (Å²) >= 11 is 0. The number of methoxy groups -OCH3 is 1. The molecule has 2 amide bonds. The van der Waals surface area contributed by atoms with Gasteiger partial charge >= 0.3 is 6.03 Å². The number of carbonyl (C=O) groups is 1. The highest BCUT2D eigenvalue weighted by molar-refractivity contribution is 5.96. The molecule has 0 fully saturated rings. The summed E-state index contributed by atoms with van der Waals surface area (Å²) in [5.74, 6) is 2.74. The van der Waals surface area contributed by atoms with Gasteiger partial charge in [-0.25, -0.2) is 14.8 Å². The van der Waals surface area contributed by atoms with Gasteiger partial charge in [-0.05, 0) is 68.7 Å². The van der Waals surface area contributed by atoms with Gasteiger partial charge in [0.15, 0.2) is 17.1 Å². The van der Waals surface area contributed by atoms with Gasteiger partial charge in [0.2, 0.25) is 5.95 Å². The van der Waals surface area contributed by atoms with E-state index < -0.39 is 11.8 Å². The molecular formula is C29H33N7O4. The Bertz CT molecular complexity index is 1570. The lowest BCUT2D eigenvalue weighted by Crippen LogP contribution is -2.43. The molecule has 1 atom stereocenters. The molecule has 1 aliphatic heterocycles. The zero-order valence-electron chi connectivity index (χ0n) is 23.2. The van der Waals surface area contributed by atoms with Gasteiger partial charge in [-0.15, -0.1) is 0 Å². The Morgan fingerprint density at radius 2 is 1.88 bits per heavy atom. The molecule has 0 bridgehead atoms. The predicted octanol–water partition coefficient (Wildman–Crippen LogP) is 4.98. The Morgan fingerprint density at radius 3 is 2.60 bits per heavy atom. The van der Waals surface area contributed by atoms with Gasteiger partial charge in [0.05, 0.1) is 13.7 Å². The first-order valence-corrected chi connectivity index (χ1v) is 13.0. The summed E-state index contributed by atoms with van der Waals surface area (Å²) in [5.41, 5.74) is 9.02. The minimum atomic E-state index is -0.499. The smallest absolute Gasteiger partial charge is 0.320 e. The van der Waals surface area contributed by atoms with E-state index in [4.69, 9.17) is 24.9 Å². The second kappa shape index (κ2) is 10.9. The molecule has 4 aromatic rings. The van der Waals surface area contributed by atoms with Gasteiger partial charge in [0.25, 0.3) is 6.29 Å². The van der Waals surface area contributed by atoms with Crippen molar-refractivity contribution in [2.75, 3.05) is 24.3 Å². The number of fused-ring (bicyclic) bond motifs is 2. The highest BCUT2D eigenvalue weighted by Crippen LogP contribution is 2.37. The summed E-state index contributed by atoms with van der Waals surface area (Å²) in [5, 5.41) is 9.74. The number of hydrogen-bond donors (Lipinski definition) is 4. The van der Waals surface area contributed by atoms with Crippen LogP contribution in [-0.4, -0.2) is 46.5 Å². The number of amides is 2. The molecule has 1 aliphatic rings. The van der Waals surface area contributed by atoms with Gasteiger partial charge < -0.3 is 30.6 Å². The molecule has 208 valence electrons. The lowest BCUT2D eigenvalue weighted by atomic mass is 10.0. The number of urea groups is 1. The summed E-state index contributed by atoms with van der Waals surface area (Å²) in [6.45, 7) is 8.05. The third-order valence-corrected chi connectivity index (χ3v) is 6.17. The first-order chi connectivity index (χ1) is 19.1. The van der Waals surface area contributed by atoms with Crippen molar-refractivity contribution in [1.82, 2.24) is 20.3 Å². The average molecular weight is 544 g/mol.